The molecule has 2 aliphatic rings. The second-order valence-electron chi connectivity index (χ2n) is 8.16. The first-order valence-electron chi connectivity index (χ1n) is 10.5. The van der Waals surface area contributed by atoms with Crippen LogP contribution in [0.15, 0.2) is 59.6 Å². The normalized spacial score (nSPS) is 17.4. The number of aliphatic imine (C=N–C) groups is 1. The maximum Gasteiger partial charge on any atom is 0.222 e. The first kappa shape index (κ1) is 22.6. The Morgan fingerprint density at radius 3 is 2.50 bits per heavy atom. The lowest BCUT2D eigenvalue weighted by Gasteiger charge is -2.19. The molecule has 0 unspecified atom stereocenters. The fraction of sp³-hybridized carbons (Fsp3) is 0.417. The van der Waals surface area contributed by atoms with Gasteiger partial charge in [-0.3, -0.25) is 9.79 Å². The predicted molar refractivity (Wildman–Crippen MR) is 132 cm³/mol. The molecule has 1 aliphatic carbocycles. The van der Waals surface area contributed by atoms with E-state index in [1.807, 2.05) is 11.9 Å². The molecule has 0 bridgehead atoms. The molecule has 4 rings (SSSR count). The van der Waals surface area contributed by atoms with Gasteiger partial charge >= 0.3 is 0 Å². The number of likely N-dealkylation sites (tertiary alicyclic amines) is 1. The lowest BCUT2D eigenvalue weighted by molar-refractivity contribution is -0.128. The van der Waals surface area contributed by atoms with Gasteiger partial charge in [-0.25, -0.2) is 0 Å². The van der Waals surface area contributed by atoms with Gasteiger partial charge in [0.25, 0.3) is 0 Å². The second kappa shape index (κ2) is 10.3. The number of rotatable bonds is 7. The monoisotopic (exact) mass is 518 g/mol. The van der Waals surface area contributed by atoms with Crippen molar-refractivity contribution in [2.75, 3.05) is 20.1 Å². The highest BCUT2D eigenvalue weighted by Crippen LogP contribution is 2.47. The summed E-state index contributed by atoms with van der Waals surface area (Å²) in [5, 5.41) is 6.93. The van der Waals surface area contributed by atoms with Crippen molar-refractivity contribution in [2.24, 2.45) is 4.99 Å². The molecule has 1 amide bonds. The number of nitrogens with one attached hydrogen (secondary N) is 2. The molecule has 160 valence electrons. The molecule has 0 radical (unpaired) electrons. The van der Waals surface area contributed by atoms with Crippen LogP contribution in [0.2, 0.25) is 0 Å². The van der Waals surface area contributed by atoms with Crippen LogP contribution in [0.3, 0.4) is 0 Å². The van der Waals surface area contributed by atoms with E-state index in [0.29, 0.717) is 19.5 Å². The molecular weight excluding hydrogens is 487 g/mol. The Morgan fingerprint density at radius 1 is 1.07 bits per heavy atom. The zero-order valence-corrected chi connectivity index (χ0v) is 19.9. The average Bonchev–Trinajstić information content (AvgIpc) is 3.45. The Morgan fingerprint density at radius 2 is 1.83 bits per heavy atom. The molecule has 0 spiro atoms. The first-order chi connectivity index (χ1) is 14.2. The van der Waals surface area contributed by atoms with E-state index in [4.69, 9.17) is 0 Å². The Balaban J connectivity index is 0.00000256. The summed E-state index contributed by atoms with van der Waals surface area (Å²) >= 11 is 0. The summed E-state index contributed by atoms with van der Waals surface area (Å²) in [5.41, 5.74) is 4.04. The molecule has 0 atom stereocenters. The van der Waals surface area contributed by atoms with Crippen LogP contribution in [-0.2, 0) is 23.3 Å². The highest BCUT2D eigenvalue weighted by Gasteiger charge is 2.43. The van der Waals surface area contributed by atoms with Crippen molar-refractivity contribution < 1.29 is 4.79 Å². The van der Waals surface area contributed by atoms with Gasteiger partial charge in [0.15, 0.2) is 5.96 Å². The predicted octanol–water partition coefficient (Wildman–Crippen LogP) is 3.82. The molecule has 1 heterocycles. The van der Waals surface area contributed by atoms with Crippen LogP contribution in [0, 0.1) is 0 Å². The topological polar surface area (TPSA) is 56.7 Å². The Hall–Kier alpha value is -2.09. The minimum absolute atomic E-state index is 0. The summed E-state index contributed by atoms with van der Waals surface area (Å²) in [5.74, 6) is 1.10. The van der Waals surface area contributed by atoms with Crippen LogP contribution in [0.1, 0.15) is 42.4 Å². The number of hydrogen-bond donors (Lipinski definition) is 2. The molecule has 2 fully saturated rings. The fourth-order valence-electron chi connectivity index (χ4n) is 4.10. The van der Waals surface area contributed by atoms with E-state index in [1.54, 1.807) is 0 Å². The number of nitrogens with zero attached hydrogens (tertiary/aromatic N) is 2. The molecule has 1 saturated carbocycles. The van der Waals surface area contributed by atoms with Crippen LogP contribution in [0.4, 0.5) is 0 Å². The van der Waals surface area contributed by atoms with E-state index in [2.05, 4.69) is 70.2 Å². The summed E-state index contributed by atoms with van der Waals surface area (Å²) in [6.45, 7) is 3.19. The standard InChI is InChI=1S/C24H30N4O.HI/c1-25-23(27-18-24(12-13-24)21-9-3-2-4-10-21)26-16-19-7-5-8-20(15-19)17-28-14-6-11-22(28)29;/h2-5,7-10,15H,6,11-14,16-18H2,1H3,(H2,25,26,27);1H. The van der Waals surface area contributed by atoms with E-state index in [0.717, 1.165) is 25.5 Å². The minimum atomic E-state index is 0. The summed E-state index contributed by atoms with van der Waals surface area (Å²) in [6, 6.07) is 19.2. The van der Waals surface area contributed by atoms with E-state index in [9.17, 15) is 4.79 Å². The molecule has 2 aromatic rings. The second-order valence-corrected chi connectivity index (χ2v) is 8.16. The summed E-state index contributed by atoms with van der Waals surface area (Å²) in [7, 11) is 1.81. The van der Waals surface area contributed by atoms with Gasteiger partial charge in [0.05, 0.1) is 0 Å². The molecule has 2 aromatic carbocycles. The van der Waals surface area contributed by atoms with Crippen molar-refractivity contribution >= 4 is 35.8 Å². The number of carbonyl (C=O) groups is 1. The number of halogens is 1. The largest absolute Gasteiger partial charge is 0.356 e. The lowest BCUT2D eigenvalue weighted by atomic mass is 9.96. The van der Waals surface area contributed by atoms with Crippen LogP contribution in [0.5, 0.6) is 0 Å². The van der Waals surface area contributed by atoms with Gasteiger partial charge < -0.3 is 15.5 Å². The quantitative estimate of drug-likeness (QED) is 0.333. The lowest BCUT2D eigenvalue weighted by Crippen LogP contribution is -2.40. The highest BCUT2D eigenvalue weighted by atomic mass is 127. The summed E-state index contributed by atoms with van der Waals surface area (Å²) in [6.07, 6.45) is 4.11. The van der Waals surface area contributed by atoms with Gasteiger partial charge in [-0.05, 0) is 36.0 Å². The third kappa shape index (κ3) is 5.53. The SMILES string of the molecule is CN=C(NCc1cccc(CN2CCCC2=O)c1)NCC1(c2ccccc2)CC1.I. The van der Waals surface area contributed by atoms with Gasteiger partial charge in [0.1, 0.15) is 0 Å². The van der Waals surface area contributed by atoms with Gasteiger partial charge in [-0.2, -0.15) is 0 Å². The van der Waals surface area contributed by atoms with E-state index in [1.165, 1.54) is 29.5 Å². The zero-order valence-electron chi connectivity index (χ0n) is 17.6. The van der Waals surface area contributed by atoms with Crippen LogP contribution in [-0.4, -0.2) is 36.9 Å². The Kier molecular flexibility index (Phi) is 7.75. The number of benzene rings is 2. The van der Waals surface area contributed by atoms with Crippen LogP contribution in [0.25, 0.3) is 0 Å². The minimum Gasteiger partial charge on any atom is -0.356 e. The van der Waals surface area contributed by atoms with E-state index in [-0.39, 0.29) is 35.3 Å². The van der Waals surface area contributed by atoms with Crippen molar-refractivity contribution in [3.63, 3.8) is 0 Å². The van der Waals surface area contributed by atoms with Gasteiger partial charge in [-0.15, -0.1) is 24.0 Å². The smallest absolute Gasteiger partial charge is 0.222 e. The van der Waals surface area contributed by atoms with Crippen molar-refractivity contribution in [3.8, 4) is 0 Å². The zero-order chi connectivity index (χ0) is 20.1. The number of carbonyl (C=O) groups excluding carboxylic acids is 1. The third-order valence-electron chi connectivity index (χ3n) is 6.05. The van der Waals surface area contributed by atoms with Crippen LogP contribution >= 0.6 is 24.0 Å². The molecule has 1 saturated heterocycles. The van der Waals surface area contributed by atoms with Gasteiger partial charge in [-0.1, -0.05) is 54.6 Å². The van der Waals surface area contributed by atoms with Crippen LogP contribution < -0.4 is 10.6 Å². The number of hydrogen-bond acceptors (Lipinski definition) is 2. The molecule has 2 N–H and O–H groups in total. The first-order valence-corrected chi connectivity index (χ1v) is 10.5. The summed E-state index contributed by atoms with van der Waals surface area (Å²) in [4.78, 5) is 18.2. The Labute approximate surface area is 196 Å². The molecule has 6 heteroatoms. The number of amides is 1. The van der Waals surface area contributed by atoms with Gasteiger partial charge in [0, 0.05) is 45.1 Å². The van der Waals surface area contributed by atoms with Crippen molar-refractivity contribution in [1.29, 1.82) is 0 Å². The van der Waals surface area contributed by atoms with E-state index < -0.39 is 0 Å². The summed E-state index contributed by atoms with van der Waals surface area (Å²) < 4.78 is 0. The maximum atomic E-state index is 11.9. The fourth-order valence-corrected chi connectivity index (χ4v) is 4.10. The Bertz CT molecular complexity index is 880. The molecule has 5 nitrogen and oxygen atoms in total. The van der Waals surface area contributed by atoms with Crippen molar-refractivity contribution in [3.05, 3.63) is 71.3 Å². The average molecular weight is 518 g/mol. The number of guanidine groups is 1. The van der Waals surface area contributed by atoms with Crippen molar-refractivity contribution in [1.82, 2.24) is 15.5 Å². The molecule has 1 aliphatic heterocycles. The molecule has 0 aromatic heterocycles. The van der Waals surface area contributed by atoms with Gasteiger partial charge in [0.2, 0.25) is 5.91 Å². The molecular formula is C24H31IN4O. The van der Waals surface area contributed by atoms with E-state index >= 15 is 0 Å². The van der Waals surface area contributed by atoms with Crippen molar-refractivity contribution in [2.45, 2.75) is 44.2 Å². The maximum absolute atomic E-state index is 11.9. The molecule has 30 heavy (non-hydrogen) atoms. The highest BCUT2D eigenvalue weighted by molar-refractivity contribution is 14.0. The third-order valence-corrected chi connectivity index (χ3v) is 6.05.